The van der Waals surface area contributed by atoms with Crippen LogP contribution in [-0.4, -0.2) is 8.86 Å². The average molecular weight is 349 g/mol. The predicted molar refractivity (Wildman–Crippen MR) is 48.8 cm³/mol. The third-order valence-electron chi connectivity index (χ3n) is 1.74. The summed E-state index contributed by atoms with van der Waals surface area (Å²) in [6, 6.07) is 0. The lowest BCUT2D eigenvalue weighted by atomic mass is 10.3. The van der Waals surface area contributed by atoms with Gasteiger partial charge >= 0.3 is 0 Å². The first kappa shape index (κ1) is 15.7. The Kier molecular flexibility index (Phi) is 19.2. The molecule has 0 bridgehead atoms. The SMILES string of the molecule is CCCCC[I+]CCCCC.[Br-]. The van der Waals surface area contributed by atoms with Crippen molar-refractivity contribution in [2.45, 2.75) is 52.4 Å². The number of unbranched alkanes of at least 4 members (excludes halogenated alkanes) is 4. The van der Waals surface area contributed by atoms with Gasteiger partial charge in [-0.25, -0.2) is 0 Å². The molecule has 0 aromatic carbocycles. The highest BCUT2D eigenvalue weighted by Gasteiger charge is 2.03. The van der Waals surface area contributed by atoms with Crippen LogP contribution in [0.2, 0.25) is 0 Å². The molecule has 0 aliphatic heterocycles. The molecule has 76 valence electrons. The van der Waals surface area contributed by atoms with Gasteiger partial charge in [-0.05, 0) is 25.7 Å². The summed E-state index contributed by atoms with van der Waals surface area (Å²) in [6.45, 7) is 4.57. The maximum absolute atomic E-state index is 2.29. The Morgan fingerprint density at radius 2 is 1.17 bits per heavy atom. The van der Waals surface area contributed by atoms with E-state index in [1.54, 1.807) is 8.86 Å². The molecule has 0 aliphatic carbocycles. The van der Waals surface area contributed by atoms with Gasteiger partial charge in [0.2, 0.25) is 0 Å². The van der Waals surface area contributed by atoms with Gasteiger partial charge in [0.1, 0.15) is 8.86 Å². The maximum Gasteiger partial charge on any atom is 0.268 e. The van der Waals surface area contributed by atoms with Crippen molar-refractivity contribution in [1.82, 2.24) is 0 Å². The lowest BCUT2D eigenvalue weighted by molar-refractivity contribution is -0.655. The van der Waals surface area contributed by atoms with Gasteiger partial charge in [0.15, 0.2) is 0 Å². The fraction of sp³-hybridized carbons (Fsp3) is 1.00. The predicted octanol–water partition coefficient (Wildman–Crippen LogP) is -2.54. The van der Waals surface area contributed by atoms with Crippen LogP contribution in [0.3, 0.4) is 0 Å². The topological polar surface area (TPSA) is 0 Å². The minimum absolute atomic E-state index is 0. The third-order valence-corrected chi connectivity index (χ3v) is 4.79. The van der Waals surface area contributed by atoms with Crippen molar-refractivity contribution in [1.29, 1.82) is 0 Å². The average Bonchev–Trinajstić information content (AvgIpc) is 2.03. The van der Waals surface area contributed by atoms with Crippen molar-refractivity contribution in [2.24, 2.45) is 0 Å². The first-order valence-corrected chi connectivity index (χ1v) is 8.00. The molecule has 0 heterocycles. The van der Waals surface area contributed by atoms with E-state index in [-0.39, 0.29) is 17.0 Å². The van der Waals surface area contributed by atoms with Crippen molar-refractivity contribution in [2.75, 3.05) is 8.86 Å². The van der Waals surface area contributed by atoms with Crippen LogP contribution in [0.5, 0.6) is 0 Å². The van der Waals surface area contributed by atoms with Crippen LogP contribution >= 0.6 is 0 Å². The summed E-state index contributed by atoms with van der Waals surface area (Å²) in [5.41, 5.74) is 0. The van der Waals surface area contributed by atoms with E-state index in [4.69, 9.17) is 0 Å². The molecule has 0 N–H and O–H groups in total. The fourth-order valence-electron chi connectivity index (χ4n) is 0.972. The van der Waals surface area contributed by atoms with E-state index in [0.717, 1.165) is 0 Å². The quantitative estimate of drug-likeness (QED) is 0.258. The standard InChI is InChI=1S/C10H22I.BrH/c1-3-5-7-9-11-10-8-6-4-2;/h3-10H2,1-2H3;1H/q+1;/p-1. The van der Waals surface area contributed by atoms with Gasteiger partial charge in [0.25, 0.3) is 21.2 Å². The van der Waals surface area contributed by atoms with Gasteiger partial charge in [-0.15, -0.1) is 0 Å². The second-order valence-corrected chi connectivity index (χ2v) is 6.22. The van der Waals surface area contributed by atoms with Crippen LogP contribution in [-0.2, 0) is 0 Å². The number of rotatable bonds is 8. The smallest absolute Gasteiger partial charge is 0.268 e. The van der Waals surface area contributed by atoms with Crippen molar-refractivity contribution in [3.63, 3.8) is 0 Å². The Hall–Kier alpha value is 1.21. The molecule has 0 fully saturated rings. The molecule has 0 unspecified atom stereocenters. The number of hydrogen-bond donors (Lipinski definition) is 0. The minimum Gasteiger partial charge on any atom is -1.00 e. The van der Waals surface area contributed by atoms with Gasteiger partial charge in [0, 0.05) is 0 Å². The molecule has 0 atom stereocenters. The van der Waals surface area contributed by atoms with Crippen molar-refractivity contribution in [3.05, 3.63) is 0 Å². The molecule has 0 aromatic heterocycles. The zero-order valence-electron chi connectivity index (χ0n) is 8.41. The van der Waals surface area contributed by atoms with E-state index in [0.29, 0.717) is 21.2 Å². The summed E-state index contributed by atoms with van der Waals surface area (Å²) in [5, 5.41) is 0. The first-order chi connectivity index (χ1) is 5.41. The van der Waals surface area contributed by atoms with Crippen LogP contribution < -0.4 is 38.2 Å². The number of hydrogen-bond acceptors (Lipinski definition) is 0. The van der Waals surface area contributed by atoms with E-state index < -0.39 is 0 Å². The Bertz CT molecular complexity index is 58.9. The van der Waals surface area contributed by atoms with E-state index in [1.165, 1.54) is 38.5 Å². The van der Waals surface area contributed by atoms with Gasteiger partial charge in [-0.3, -0.25) is 0 Å². The first-order valence-electron chi connectivity index (χ1n) is 4.95. The lowest BCUT2D eigenvalue weighted by Crippen LogP contribution is -3.63. The summed E-state index contributed by atoms with van der Waals surface area (Å²) in [4.78, 5) is 0. The monoisotopic (exact) mass is 348 g/mol. The summed E-state index contributed by atoms with van der Waals surface area (Å²) in [6.07, 6.45) is 8.73. The Balaban J connectivity index is 0. The van der Waals surface area contributed by atoms with Crippen LogP contribution in [0.4, 0.5) is 0 Å². The van der Waals surface area contributed by atoms with Crippen LogP contribution in [0.1, 0.15) is 52.4 Å². The molecule has 0 spiro atoms. The molecule has 0 rings (SSSR count). The highest BCUT2D eigenvalue weighted by molar-refractivity contribution is 4.34. The summed E-state index contributed by atoms with van der Waals surface area (Å²) < 4.78 is 3.16. The molecule has 0 nitrogen and oxygen atoms in total. The minimum atomic E-state index is 0. The fourth-order valence-corrected chi connectivity index (χ4v) is 3.67. The molecular weight excluding hydrogens is 327 g/mol. The van der Waals surface area contributed by atoms with Gasteiger partial charge < -0.3 is 17.0 Å². The second-order valence-electron chi connectivity index (χ2n) is 2.98. The number of alkyl halides is 2. The zero-order valence-corrected chi connectivity index (χ0v) is 12.2. The van der Waals surface area contributed by atoms with Gasteiger partial charge in [0.05, 0.1) is 0 Å². The molecule has 0 radical (unpaired) electrons. The molecule has 0 aromatic rings. The Morgan fingerprint density at radius 1 is 0.750 bits per heavy atom. The van der Waals surface area contributed by atoms with E-state index in [2.05, 4.69) is 13.8 Å². The number of halogens is 2. The maximum atomic E-state index is 2.29. The second kappa shape index (κ2) is 14.7. The summed E-state index contributed by atoms with van der Waals surface area (Å²) in [7, 11) is 0. The van der Waals surface area contributed by atoms with Crippen molar-refractivity contribution >= 4 is 0 Å². The van der Waals surface area contributed by atoms with E-state index >= 15 is 0 Å². The van der Waals surface area contributed by atoms with Gasteiger partial charge in [-0.1, -0.05) is 26.7 Å². The van der Waals surface area contributed by atoms with E-state index in [1.807, 2.05) is 0 Å². The molecule has 0 aliphatic rings. The largest absolute Gasteiger partial charge is 1.00 e. The summed E-state index contributed by atoms with van der Waals surface area (Å²) >= 11 is 0.600. The summed E-state index contributed by atoms with van der Waals surface area (Å²) in [5.74, 6) is 0. The van der Waals surface area contributed by atoms with Crippen LogP contribution in [0.25, 0.3) is 0 Å². The molecule has 0 saturated carbocycles. The van der Waals surface area contributed by atoms with Gasteiger partial charge in [-0.2, -0.15) is 0 Å². The van der Waals surface area contributed by atoms with Crippen LogP contribution in [0, 0.1) is 0 Å². The third kappa shape index (κ3) is 13.8. The normalized spacial score (nSPS) is 9.50. The highest BCUT2D eigenvalue weighted by atomic mass is 127. The molecular formula is C10H22BrI. The Morgan fingerprint density at radius 3 is 1.50 bits per heavy atom. The zero-order chi connectivity index (χ0) is 8.36. The van der Waals surface area contributed by atoms with Crippen LogP contribution in [0.15, 0.2) is 0 Å². The molecule has 0 saturated heterocycles. The van der Waals surface area contributed by atoms with Crippen molar-refractivity contribution in [3.8, 4) is 0 Å². The van der Waals surface area contributed by atoms with Crippen molar-refractivity contribution < 1.29 is 38.2 Å². The highest BCUT2D eigenvalue weighted by Crippen LogP contribution is 1.89. The molecule has 2 heteroatoms. The Labute approximate surface area is 98.9 Å². The molecule has 12 heavy (non-hydrogen) atoms. The van der Waals surface area contributed by atoms with E-state index in [9.17, 15) is 0 Å². The lowest BCUT2D eigenvalue weighted by Gasteiger charge is -1.88. The molecule has 0 amide bonds.